The summed E-state index contributed by atoms with van der Waals surface area (Å²) in [5.74, 6) is 0. The van der Waals surface area contributed by atoms with Crippen LogP contribution >= 0.6 is 23.5 Å². The summed E-state index contributed by atoms with van der Waals surface area (Å²) in [6.07, 6.45) is 8.36. The van der Waals surface area contributed by atoms with E-state index in [2.05, 4.69) is 24.7 Å². The predicted octanol–water partition coefficient (Wildman–Crippen LogP) is 2.78. The fraction of sp³-hybridized carbons (Fsp3) is 0.500. The van der Waals surface area contributed by atoms with E-state index in [4.69, 9.17) is 0 Å². The maximum Gasteiger partial charge on any atom is 0.106 e. The topological polar surface area (TPSA) is 0 Å². The monoisotopic (exact) mass is 147 g/mol. The van der Waals surface area contributed by atoms with E-state index in [9.17, 15) is 0 Å². The molecule has 0 aromatic rings. The van der Waals surface area contributed by atoms with Crippen molar-refractivity contribution in [3.8, 4) is 0 Å². The Balaban J connectivity index is 3.36. The molecular formula is C6H11S2. The summed E-state index contributed by atoms with van der Waals surface area (Å²) in [7, 11) is 0. The molecule has 1 radical (unpaired) electrons. The van der Waals surface area contributed by atoms with Gasteiger partial charge < -0.3 is 0 Å². The van der Waals surface area contributed by atoms with Crippen molar-refractivity contribution in [3.05, 3.63) is 16.7 Å². The Kier molecular flexibility index (Phi) is 5.88. The first-order valence-electron chi connectivity index (χ1n) is 2.42. The molecular weight excluding hydrogens is 136 g/mol. The second-order valence-corrected chi connectivity index (χ2v) is 3.18. The molecule has 8 heavy (non-hydrogen) atoms. The molecule has 0 unspecified atom stereocenters. The molecule has 0 fully saturated rings. The number of hydrogen-bond acceptors (Lipinski definition) is 2. The number of hydrogen-bond donors (Lipinski definition) is 0. The molecule has 0 atom stereocenters. The molecule has 0 aliphatic carbocycles. The van der Waals surface area contributed by atoms with Crippen molar-refractivity contribution in [1.29, 1.82) is 0 Å². The van der Waals surface area contributed by atoms with E-state index in [-0.39, 0.29) is 0 Å². The summed E-state index contributed by atoms with van der Waals surface area (Å²) < 4.78 is 1.37. The average Bonchev–Trinajstić information content (AvgIpc) is 1.83. The third kappa shape index (κ3) is 3.44. The minimum absolute atomic E-state index is 1.37. The molecule has 0 heterocycles. The van der Waals surface area contributed by atoms with Crippen LogP contribution in [0.5, 0.6) is 0 Å². The van der Waals surface area contributed by atoms with Crippen LogP contribution < -0.4 is 0 Å². The first-order chi connectivity index (χ1) is 3.85. The van der Waals surface area contributed by atoms with Gasteiger partial charge in [-0.3, -0.25) is 0 Å². The largest absolute Gasteiger partial charge is 0.141 e. The zero-order valence-corrected chi connectivity index (χ0v) is 7.10. The van der Waals surface area contributed by atoms with Crippen LogP contribution in [0.15, 0.2) is 12.2 Å². The van der Waals surface area contributed by atoms with E-state index in [0.29, 0.717) is 0 Å². The van der Waals surface area contributed by atoms with Gasteiger partial charge in [0.1, 0.15) is 4.58 Å². The maximum atomic E-state index is 2.12. The van der Waals surface area contributed by atoms with Crippen molar-refractivity contribution >= 4 is 23.5 Å². The normalized spacial score (nSPS) is 11.5. The van der Waals surface area contributed by atoms with E-state index in [1.54, 1.807) is 23.5 Å². The van der Waals surface area contributed by atoms with E-state index >= 15 is 0 Å². The lowest BCUT2D eigenvalue weighted by atomic mass is 10.6. The van der Waals surface area contributed by atoms with Gasteiger partial charge in [-0.2, -0.15) is 0 Å². The summed E-state index contributed by atoms with van der Waals surface area (Å²) in [5.41, 5.74) is 0. The van der Waals surface area contributed by atoms with Crippen LogP contribution in [0.3, 0.4) is 0 Å². The number of allylic oxidation sites excluding steroid dienone is 1. The van der Waals surface area contributed by atoms with Crippen LogP contribution in [0.2, 0.25) is 0 Å². The van der Waals surface area contributed by atoms with Gasteiger partial charge in [0, 0.05) is 0 Å². The van der Waals surface area contributed by atoms with Crippen LogP contribution in [-0.4, -0.2) is 12.5 Å². The summed E-state index contributed by atoms with van der Waals surface area (Å²) in [4.78, 5) is 0. The minimum Gasteiger partial charge on any atom is -0.141 e. The predicted molar refractivity (Wildman–Crippen MR) is 45.1 cm³/mol. The van der Waals surface area contributed by atoms with Gasteiger partial charge in [0.15, 0.2) is 0 Å². The zero-order valence-electron chi connectivity index (χ0n) is 5.47. The average molecular weight is 147 g/mol. The van der Waals surface area contributed by atoms with E-state index in [1.165, 1.54) is 4.58 Å². The third-order valence-electron chi connectivity index (χ3n) is 0.705. The smallest absolute Gasteiger partial charge is 0.106 e. The van der Waals surface area contributed by atoms with E-state index in [1.807, 2.05) is 6.92 Å². The van der Waals surface area contributed by atoms with Gasteiger partial charge in [0.05, 0.1) is 0 Å². The summed E-state index contributed by atoms with van der Waals surface area (Å²) in [6, 6.07) is 0. The van der Waals surface area contributed by atoms with Gasteiger partial charge in [-0.15, -0.1) is 23.5 Å². The van der Waals surface area contributed by atoms with Crippen molar-refractivity contribution in [2.75, 3.05) is 12.5 Å². The van der Waals surface area contributed by atoms with Crippen LogP contribution in [0.1, 0.15) is 6.92 Å². The Morgan fingerprint density at radius 3 is 1.88 bits per heavy atom. The molecule has 0 spiro atoms. The fourth-order valence-electron chi connectivity index (χ4n) is 0.355. The van der Waals surface area contributed by atoms with Crippen LogP contribution in [0.25, 0.3) is 0 Å². The van der Waals surface area contributed by atoms with Gasteiger partial charge in [-0.25, -0.2) is 0 Å². The lowest BCUT2D eigenvalue weighted by Gasteiger charge is -2.00. The fourth-order valence-corrected chi connectivity index (χ4v) is 1.57. The van der Waals surface area contributed by atoms with Gasteiger partial charge in [-0.05, 0) is 19.4 Å². The Bertz CT molecular complexity index is 64.9. The molecule has 0 aromatic heterocycles. The Morgan fingerprint density at radius 1 is 1.25 bits per heavy atom. The molecule has 0 saturated heterocycles. The highest BCUT2D eigenvalue weighted by atomic mass is 32.2. The Hall–Kier alpha value is 0.440. The van der Waals surface area contributed by atoms with Gasteiger partial charge >= 0.3 is 0 Å². The molecule has 47 valence electrons. The van der Waals surface area contributed by atoms with Crippen LogP contribution in [0, 0.1) is 4.58 Å². The highest BCUT2D eigenvalue weighted by molar-refractivity contribution is 8.20. The second-order valence-electron chi connectivity index (χ2n) is 1.23. The molecule has 0 rings (SSSR count). The zero-order chi connectivity index (χ0) is 6.41. The van der Waals surface area contributed by atoms with Crippen molar-refractivity contribution in [2.45, 2.75) is 6.92 Å². The Labute approximate surface area is 60.1 Å². The molecule has 2 heteroatoms. The maximum absolute atomic E-state index is 2.12. The van der Waals surface area contributed by atoms with E-state index < -0.39 is 0 Å². The van der Waals surface area contributed by atoms with Crippen molar-refractivity contribution in [3.63, 3.8) is 0 Å². The van der Waals surface area contributed by atoms with E-state index in [0.717, 1.165) is 0 Å². The van der Waals surface area contributed by atoms with Gasteiger partial charge in [0.25, 0.3) is 0 Å². The van der Waals surface area contributed by atoms with Gasteiger partial charge in [0.2, 0.25) is 0 Å². The first kappa shape index (κ1) is 8.44. The molecule has 0 saturated carbocycles. The summed E-state index contributed by atoms with van der Waals surface area (Å²) >= 11 is 3.57. The van der Waals surface area contributed by atoms with Gasteiger partial charge in [-0.1, -0.05) is 12.2 Å². The lowest BCUT2D eigenvalue weighted by Crippen LogP contribution is -1.73. The van der Waals surface area contributed by atoms with Crippen molar-refractivity contribution in [1.82, 2.24) is 0 Å². The van der Waals surface area contributed by atoms with Crippen molar-refractivity contribution < 1.29 is 0 Å². The molecule has 0 aliphatic heterocycles. The second kappa shape index (κ2) is 5.57. The number of rotatable bonds is 3. The molecule has 0 aliphatic rings. The Morgan fingerprint density at radius 2 is 1.75 bits per heavy atom. The molecule has 0 nitrogen and oxygen atoms in total. The van der Waals surface area contributed by atoms with Crippen molar-refractivity contribution in [2.24, 2.45) is 0 Å². The lowest BCUT2D eigenvalue weighted by molar-refractivity contribution is 1.71. The molecule has 0 bridgehead atoms. The highest BCUT2D eigenvalue weighted by Crippen LogP contribution is 2.28. The summed E-state index contributed by atoms with van der Waals surface area (Å²) in [5, 5.41) is 0. The molecule has 0 N–H and O–H groups in total. The molecule has 0 amide bonds. The summed E-state index contributed by atoms with van der Waals surface area (Å²) in [6.45, 7) is 2.03. The SMILES string of the molecule is CC=C[C](SC)SC. The minimum atomic E-state index is 1.37. The van der Waals surface area contributed by atoms with Crippen LogP contribution in [-0.2, 0) is 0 Å². The standard InChI is InChI=1S/C6H11S2/c1-4-5-6(7-2)8-3/h4-5H,1-3H3. The molecule has 0 aromatic carbocycles. The highest BCUT2D eigenvalue weighted by Gasteiger charge is 1.96. The third-order valence-corrected chi connectivity index (χ3v) is 2.78. The quantitative estimate of drug-likeness (QED) is 0.602. The number of thioether (sulfide) groups is 2. The first-order valence-corrected chi connectivity index (χ1v) is 4.87. The van der Waals surface area contributed by atoms with Crippen LogP contribution in [0.4, 0.5) is 0 Å².